The van der Waals surface area contributed by atoms with Gasteiger partial charge in [0.15, 0.2) is 11.5 Å². The number of anilines is 1. The number of rotatable bonds is 6. The fraction of sp³-hybridized carbons (Fsp3) is 0.333. The van der Waals surface area contributed by atoms with Crippen LogP contribution in [0.3, 0.4) is 0 Å². The zero-order chi connectivity index (χ0) is 15.2. The van der Waals surface area contributed by atoms with Crippen molar-refractivity contribution < 1.29 is 9.47 Å². The van der Waals surface area contributed by atoms with Crippen LogP contribution < -0.4 is 14.8 Å². The van der Waals surface area contributed by atoms with E-state index in [1.807, 2.05) is 18.2 Å². The molecule has 0 bridgehead atoms. The molecule has 21 heavy (non-hydrogen) atoms. The third-order valence-electron chi connectivity index (χ3n) is 3.54. The highest BCUT2D eigenvalue weighted by atomic mass is 16.5. The van der Waals surface area contributed by atoms with E-state index in [1.165, 1.54) is 5.56 Å². The summed E-state index contributed by atoms with van der Waals surface area (Å²) in [5.74, 6) is 2.03. The van der Waals surface area contributed by atoms with Crippen LogP contribution in [0.4, 0.5) is 5.69 Å². The number of para-hydroxylation sites is 2. The Morgan fingerprint density at radius 2 is 1.71 bits per heavy atom. The summed E-state index contributed by atoms with van der Waals surface area (Å²) in [6.07, 6.45) is 0. The van der Waals surface area contributed by atoms with E-state index < -0.39 is 0 Å². The first-order valence-electron chi connectivity index (χ1n) is 7.20. The summed E-state index contributed by atoms with van der Waals surface area (Å²) < 4.78 is 10.8. The molecule has 2 aromatic rings. The van der Waals surface area contributed by atoms with Gasteiger partial charge < -0.3 is 14.8 Å². The lowest BCUT2D eigenvalue weighted by Crippen LogP contribution is -2.05. The monoisotopic (exact) mass is 285 g/mol. The maximum Gasteiger partial charge on any atom is 0.165 e. The van der Waals surface area contributed by atoms with E-state index in [0.29, 0.717) is 12.5 Å². The van der Waals surface area contributed by atoms with Crippen LogP contribution in [0, 0.1) is 0 Å². The molecule has 0 aliphatic carbocycles. The number of methoxy groups -OCH3 is 2. The van der Waals surface area contributed by atoms with E-state index in [1.54, 1.807) is 14.2 Å². The number of nitrogens with one attached hydrogen (secondary N) is 1. The predicted molar refractivity (Wildman–Crippen MR) is 87.4 cm³/mol. The molecule has 1 N–H and O–H groups in total. The van der Waals surface area contributed by atoms with Gasteiger partial charge in [-0.05, 0) is 23.6 Å². The Morgan fingerprint density at radius 3 is 2.38 bits per heavy atom. The quantitative estimate of drug-likeness (QED) is 0.851. The molecule has 3 nitrogen and oxygen atoms in total. The van der Waals surface area contributed by atoms with Gasteiger partial charge >= 0.3 is 0 Å². The second-order valence-corrected chi connectivity index (χ2v) is 5.25. The zero-order valence-corrected chi connectivity index (χ0v) is 13.1. The van der Waals surface area contributed by atoms with Crippen LogP contribution in [0.5, 0.6) is 11.5 Å². The molecular weight excluding hydrogens is 262 g/mol. The second kappa shape index (κ2) is 7.02. The fourth-order valence-corrected chi connectivity index (χ4v) is 2.44. The van der Waals surface area contributed by atoms with Crippen LogP contribution in [-0.2, 0) is 6.54 Å². The van der Waals surface area contributed by atoms with Crippen molar-refractivity contribution in [2.45, 2.75) is 26.3 Å². The summed E-state index contributed by atoms with van der Waals surface area (Å²) >= 11 is 0. The fourth-order valence-electron chi connectivity index (χ4n) is 2.44. The van der Waals surface area contributed by atoms with Gasteiger partial charge in [-0.1, -0.05) is 44.2 Å². The zero-order valence-electron chi connectivity index (χ0n) is 13.1. The molecule has 0 unspecified atom stereocenters. The normalized spacial score (nSPS) is 10.5. The first kappa shape index (κ1) is 15.2. The van der Waals surface area contributed by atoms with E-state index in [9.17, 15) is 0 Å². The summed E-state index contributed by atoms with van der Waals surface area (Å²) in [4.78, 5) is 0. The van der Waals surface area contributed by atoms with Crippen LogP contribution in [0.1, 0.15) is 30.9 Å². The molecule has 0 radical (unpaired) electrons. The Bertz CT molecular complexity index is 594. The molecule has 0 spiro atoms. The van der Waals surface area contributed by atoms with E-state index in [4.69, 9.17) is 9.47 Å². The van der Waals surface area contributed by atoms with Crippen molar-refractivity contribution in [1.29, 1.82) is 0 Å². The Labute approximate surface area is 126 Å². The third-order valence-corrected chi connectivity index (χ3v) is 3.54. The van der Waals surface area contributed by atoms with Crippen LogP contribution in [-0.4, -0.2) is 14.2 Å². The van der Waals surface area contributed by atoms with E-state index in [0.717, 1.165) is 22.7 Å². The minimum Gasteiger partial charge on any atom is -0.493 e. The van der Waals surface area contributed by atoms with Gasteiger partial charge in [-0.2, -0.15) is 0 Å². The smallest absolute Gasteiger partial charge is 0.165 e. The molecule has 0 aromatic heterocycles. The van der Waals surface area contributed by atoms with E-state index in [-0.39, 0.29) is 0 Å². The van der Waals surface area contributed by atoms with Crippen molar-refractivity contribution in [2.75, 3.05) is 19.5 Å². The maximum absolute atomic E-state index is 5.47. The highest BCUT2D eigenvalue weighted by Crippen LogP contribution is 2.32. The Hall–Kier alpha value is -2.16. The van der Waals surface area contributed by atoms with Gasteiger partial charge in [-0.25, -0.2) is 0 Å². The first-order valence-corrected chi connectivity index (χ1v) is 7.20. The number of hydrogen-bond acceptors (Lipinski definition) is 3. The van der Waals surface area contributed by atoms with Gasteiger partial charge in [0.25, 0.3) is 0 Å². The molecule has 112 valence electrons. The molecule has 0 atom stereocenters. The predicted octanol–water partition coefficient (Wildman–Crippen LogP) is 4.44. The standard InChI is InChI=1S/C18H23NO2/c1-13(2)15-9-5-6-10-16(15)19-12-14-8-7-11-17(20-3)18(14)21-4/h5-11,13,19H,12H2,1-4H3. The number of ether oxygens (including phenoxy) is 2. The van der Waals surface area contributed by atoms with Crippen molar-refractivity contribution in [1.82, 2.24) is 0 Å². The van der Waals surface area contributed by atoms with Crippen molar-refractivity contribution in [3.63, 3.8) is 0 Å². The Morgan fingerprint density at radius 1 is 0.952 bits per heavy atom. The molecule has 2 rings (SSSR count). The maximum atomic E-state index is 5.47. The molecule has 3 heteroatoms. The molecule has 2 aromatic carbocycles. The molecule has 0 amide bonds. The first-order chi connectivity index (χ1) is 10.2. The Kier molecular flexibility index (Phi) is 5.09. The van der Waals surface area contributed by atoms with Crippen LogP contribution >= 0.6 is 0 Å². The summed E-state index contributed by atoms with van der Waals surface area (Å²) in [6.45, 7) is 5.10. The van der Waals surface area contributed by atoms with Gasteiger partial charge in [0, 0.05) is 17.8 Å². The van der Waals surface area contributed by atoms with Crippen molar-refractivity contribution in [3.05, 3.63) is 53.6 Å². The molecule has 0 saturated heterocycles. The molecule has 0 aliphatic rings. The van der Waals surface area contributed by atoms with Crippen LogP contribution in [0.15, 0.2) is 42.5 Å². The SMILES string of the molecule is COc1cccc(CNc2ccccc2C(C)C)c1OC. The average Bonchev–Trinajstić information content (AvgIpc) is 2.52. The minimum atomic E-state index is 0.487. The van der Waals surface area contributed by atoms with E-state index >= 15 is 0 Å². The lowest BCUT2D eigenvalue weighted by molar-refractivity contribution is 0.352. The van der Waals surface area contributed by atoms with Crippen molar-refractivity contribution >= 4 is 5.69 Å². The lowest BCUT2D eigenvalue weighted by atomic mass is 10.0. The third kappa shape index (κ3) is 3.48. The summed E-state index contributed by atoms with van der Waals surface area (Å²) in [5, 5.41) is 3.50. The Balaban J connectivity index is 2.21. The highest BCUT2D eigenvalue weighted by Gasteiger charge is 2.10. The van der Waals surface area contributed by atoms with E-state index in [2.05, 4.69) is 43.4 Å². The van der Waals surface area contributed by atoms with Crippen LogP contribution in [0.25, 0.3) is 0 Å². The lowest BCUT2D eigenvalue weighted by Gasteiger charge is -2.17. The van der Waals surface area contributed by atoms with Crippen molar-refractivity contribution in [3.8, 4) is 11.5 Å². The van der Waals surface area contributed by atoms with Gasteiger partial charge in [-0.15, -0.1) is 0 Å². The number of hydrogen-bond donors (Lipinski definition) is 1. The molecule has 0 saturated carbocycles. The van der Waals surface area contributed by atoms with Gasteiger partial charge in [0.1, 0.15) is 0 Å². The molecule has 0 aliphatic heterocycles. The number of benzene rings is 2. The summed E-state index contributed by atoms with van der Waals surface area (Å²) in [7, 11) is 3.33. The molecular formula is C18H23NO2. The second-order valence-electron chi connectivity index (χ2n) is 5.25. The summed E-state index contributed by atoms with van der Waals surface area (Å²) in [6, 6.07) is 14.3. The van der Waals surface area contributed by atoms with Crippen LogP contribution in [0.2, 0.25) is 0 Å². The highest BCUT2D eigenvalue weighted by molar-refractivity contribution is 5.54. The van der Waals surface area contributed by atoms with Gasteiger partial charge in [-0.3, -0.25) is 0 Å². The molecule has 0 fully saturated rings. The topological polar surface area (TPSA) is 30.5 Å². The largest absolute Gasteiger partial charge is 0.493 e. The van der Waals surface area contributed by atoms with Crippen molar-refractivity contribution in [2.24, 2.45) is 0 Å². The minimum absolute atomic E-state index is 0.487. The van der Waals surface area contributed by atoms with Gasteiger partial charge in [0.2, 0.25) is 0 Å². The average molecular weight is 285 g/mol. The molecule has 0 heterocycles. The van der Waals surface area contributed by atoms with Gasteiger partial charge in [0.05, 0.1) is 14.2 Å². The summed E-state index contributed by atoms with van der Waals surface area (Å²) in [5.41, 5.74) is 3.56.